The second-order valence-electron chi connectivity index (χ2n) is 17.0. The number of carbonyl (C=O) groups is 2. The number of fused-ring (bicyclic) bond motifs is 4. The smallest absolute Gasteiger partial charge is 0.276 e. The molecule has 13 nitrogen and oxygen atoms in total. The van der Waals surface area contributed by atoms with Crippen molar-refractivity contribution in [3.63, 3.8) is 0 Å². The summed E-state index contributed by atoms with van der Waals surface area (Å²) in [4.78, 5) is 40.0. The van der Waals surface area contributed by atoms with Crippen LogP contribution in [0.4, 0.5) is 5.69 Å². The highest BCUT2D eigenvalue weighted by atomic mass is 35.5. The predicted octanol–water partition coefficient (Wildman–Crippen LogP) is 8.25. The first kappa shape index (κ1) is 41.7. The summed E-state index contributed by atoms with van der Waals surface area (Å²) in [6, 6.07) is 15.8. The number of hydrogen-bond acceptors (Lipinski definition) is 7. The average molecular weight is 876 g/mol. The molecule has 4 aromatic heterocycles. The third-order valence-electron chi connectivity index (χ3n) is 12.8. The van der Waals surface area contributed by atoms with E-state index in [0.717, 1.165) is 90.4 Å². The molecule has 322 valence electrons. The molecular weight excluding hydrogens is 823 g/mol. The molecule has 9 rings (SSSR count). The Balaban J connectivity index is 1.17. The van der Waals surface area contributed by atoms with Crippen LogP contribution in [-0.4, -0.2) is 101 Å². The Hall–Kier alpha value is -5.63. The first-order valence-electron chi connectivity index (χ1n) is 21.2. The van der Waals surface area contributed by atoms with Gasteiger partial charge in [-0.25, -0.2) is 4.98 Å². The van der Waals surface area contributed by atoms with Crippen molar-refractivity contribution in [3.05, 3.63) is 99.8 Å². The van der Waals surface area contributed by atoms with E-state index in [1.165, 1.54) is 0 Å². The summed E-state index contributed by atoms with van der Waals surface area (Å²) in [5, 5.41) is 11.9. The highest BCUT2D eigenvalue weighted by Gasteiger charge is 2.42. The Morgan fingerprint density at radius 3 is 2.35 bits per heavy atom. The fourth-order valence-corrected chi connectivity index (χ4v) is 9.85. The maximum Gasteiger partial charge on any atom is 0.276 e. The maximum atomic E-state index is 15.7. The van der Waals surface area contributed by atoms with Crippen molar-refractivity contribution >= 4 is 62.5 Å². The lowest BCUT2D eigenvalue weighted by molar-refractivity contribution is -0.133. The van der Waals surface area contributed by atoms with Gasteiger partial charge in [-0.2, -0.15) is 10.2 Å². The van der Waals surface area contributed by atoms with Gasteiger partial charge in [0.15, 0.2) is 5.82 Å². The number of nitrogens with zero attached hydrogens (tertiary/aromatic N) is 10. The number of anilines is 1. The Bertz CT molecular complexity index is 2870. The molecule has 2 amide bonds. The number of piperazine rings is 1. The van der Waals surface area contributed by atoms with Gasteiger partial charge >= 0.3 is 0 Å². The number of amides is 2. The molecule has 15 heteroatoms. The van der Waals surface area contributed by atoms with Gasteiger partial charge in [0.05, 0.1) is 35.1 Å². The molecule has 0 N–H and O–H groups in total. The Morgan fingerprint density at radius 2 is 1.68 bits per heavy atom. The van der Waals surface area contributed by atoms with Crippen molar-refractivity contribution in [2.24, 2.45) is 14.1 Å². The van der Waals surface area contributed by atoms with E-state index >= 15 is 4.79 Å². The molecule has 62 heavy (non-hydrogen) atoms. The molecule has 1 saturated heterocycles. The van der Waals surface area contributed by atoms with Crippen LogP contribution in [0.2, 0.25) is 5.02 Å². The molecular formula is C47H52Cl2N10O3. The highest BCUT2D eigenvalue weighted by molar-refractivity contribution is 6.32. The van der Waals surface area contributed by atoms with Crippen molar-refractivity contribution in [1.29, 1.82) is 0 Å². The standard InChI is InChI=1S/C47H52Cl2N10O3/c1-27-21-33(22-28(2)42(27)48)62-20-10-13-35-34-11-9-12-36(41-29(3)51-55(8)30(41)4)43(34)58-31(5)45(49)59(47(61)44(35)58)39-24-57(25-40(60)56-18-16-53(6)17-19-56)38-15-14-32(23-37(38)39)46-50-26-54(7)52-46/h9,11-12,14-15,21-24,26,31,45H,10,13,16-20,25H2,1-8H3. The predicted molar refractivity (Wildman–Crippen MR) is 246 cm³/mol. The van der Waals surface area contributed by atoms with Crippen LogP contribution in [0.1, 0.15) is 58.0 Å². The first-order valence-corrected chi connectivity index (χ1v) is 22.0. The van der Waals surface area contributed by atoms with Gasteiger partial charge in [-0.15, -0.1) is 0 Å². The van der Waals surface area contributed by atoms with Crippen LogP contribution in [0.3, 0.4) is 0 Å². The molecule has 2 aliphatic heterocycles. The molecule has 0 aliphatic carbocycles. The quantitative estimate of drug-likeness (QED) is 0.0774. The number of carbonyl (C=O) groups excluding carboxylic acids is 2. The minimum Gasteiger partial charge on any atom is -0.494 e. The molecule has 6 heterocycles. The molecule has 1 fully saturated rings. The minimum atomic E-state index is -0.786. The zero-order chi connectivity index (χ0) is 43.7. The number of alkyl halides is 1. The molecule has 7 aromatic rings. The molecule has 0 radical (unpaired) electrons. The van der Waals surface area contributed by atoms with Crippen LogP contribution < -0.4 is 9.64 Å². The summed E-state index contributed by atoms with van der Waals surface area (Å²) in [6.07, 6.45) is 4.82. The number of ether oxygens (including phenoxy) is 1. The lowest BCUT2D eigenvalue weighted by atomic mass is 9.98. The Kier molecular flexibility index (Phi) is 10.9. The zero-order valence-corrected chi connectivity index (χ0v) is 38.0. The number of aryl methyl sites for hydroxylation is 6. The van der Waals surface area contributed by atoms with E-state index in [4.69, 9.17) is 33.0 Å². The Labute approximate surface area is 371 Å². The number of likely N-dealkylation sites (N-methyl/N-ethyl adjacent to an activating group) is 1. The third-order valence-corrected chi connectivity index (χ3v) is 13.9. The summed E-state index contributed by atoms with van der Waals surface area (Å²) >= 11 is 14.1. The lowest BCUT2D eigenvalue weighted by Gasteiger charge is -2.38. The van der Waals surface area contributed by atoms with E-state index in [0.29, 0.717) is 49.7 Å². The number of halogens is 2. The van der Waals surface area contributed by atoms with E-state index in [1.54, 1.807) is 15.9 Å². The zero-order valence-electron chi connectivity index (χ0n) is 36.5. The van der Waals surface area contributed by atoms with Crippen molar-refractivity contribution in [2.45, 2.75) is 65.5 Å². The number of benzene rings is 3. The van der Waals surface area contributed by atoms with Gasteiger partial charge in [-0.1, -0.05) is 41.4 Å². The van der Waals surface area contributed by atoms with Gasteiger partial charge in [0, 0.05) is 84.7 Å². The molecule has 0 spiro atoms. The fourth-order valence-electron chi connectivity index (χ4n) is 9.44. The SMILES string of the molecule is Cc1cc(OCCCc2c3n(c4c(-c5c(C)nn(C)c5C)cccc24)C(C)C(Cl)N(c2cn(CC(=O)N4CCN(C)CC4)c4ccc(-c5ncn(C)n5)cc24)C3=O)cc(C)c1Cl. The van der Waals surface area contributed by atoms with Gasteiger partial charge in [0.2, 0.25) is 5.91 Å². The molecule has 0 saturated carbocycles. The summed E-state index contributed by atoms with van der Waals surface area (Å²) in [7, 11) is 5.86. The van der Waals surface area contributed by atoms with Crippen molar-refractivity contribution in [1.82, 2.24) is 43.5 Å². The van der Waals surface area contributed by atoms with Gasteiger partial charge in [-0.05, 0) is 102 Å². The van der Waals surface area contributed by atoms with Gasteiger partial charge in [-0.3, -0.25) is 23.9 Å². The maximum absolute atomic E-state index is 15.7. The van der Waals surface area contributed by atoms with E-state index in [2.05, 4.69) is 58.6 Å². The largest absolute Gasteiger partial charge is 0.494 e. The molecule has 2 atom stereocenters. The number of para-hydroxylation sites is 1. The van der Waals surface area contributed by atoms with Gasteiger partial charge in [0.25, 0.3) is 5.91 Å². The van der Waals surface area contributed by atoms with E-state index < -0.39 is 5.50 Å². The monoisotopic (exact) mass is 874 g/mol. The second-order valence-corrected chi connectivity index (χ2v) is 17.8. The average Bonchev–Trinajstić information content (AvgIpc) is 4.00. The minimum absolute atomic E-state index is 0.0276. The lowest BCUT2D eigenvalue weighted by Crippen LogP contribution is -2.48. The first-order chi connectivity index (χ1) is 29.7. The van der Waals surface area contributed by atoms with E-state index in [1.807, 2.05) is 85.5 Å². The normalized spacial score (nSPS) is 17.2. The van der Waals surface area contributed by atoms with E-state index in [9.17, 15) is 4.79 Å². The fraction of sp³-hybridized carbons (Fsp3) is 0.383. The van der Waals surface area contributed by atoms with Crippen LogP contribution in [0, 0.1) is 27.7 Å². The highest BCUT2D eigenvalue weighted by Crippen LogP contribution is 2.46. The summed E-state index contributed by atoms with van der Waals surface area (Å²) < 4.78 is 14.0. The number of rotatable bonds is 10. The van der Waals surface area contributed by atoms with Crippen LogP contribution >= 0.6 is 23.2 Å². The molecule has 2 aliphatic rings. The van der Waals surface area contributed by atoms with Crippen molar-refractivity contribution in [3.8, 4) is 28.3 Å². The van der Waals surface area contributed by atoms with Crippen LogP contribution in [-0.2, 0) is 31.9 Å². The summed E-state index contributed by atoms with van der Waals surface area (Å²) in [5.74, 6) is 1.14. The molecule has 3 aromatic carbocycles. The third kappa shape index (κ3) is 7.13. The van der Waals surface area contributed by atoms with Crippen LogP contribution in [0.5, 0.6) is 5.75 Å². The van der Waals surface area contributed by atoms with E-state index in [-0.39, 0.29) is 24.4 Å². The van der Waals surface area contributed by atoms with Gasteiger partial charge < -0.3 is 23.7 Å². The van der Waals surface area contributed by atoms with Gasteiger partial charge in [0.1, 0.15) is 29.8 Å². The second kappa shape index (κ2) is 16.2. The summed E-state index contributed by atoms with van der Waals surface area (Å²) in [6.45, 7) is 13.7. The van der Waals surface area contributed by atoms with Crippen LogP contribution in [0.15, 0.2) is 61.1 Å². The van der Waals surface area contributed by atoms with Crippen molar-refractivity contribution < 1.29 is 14.3 Å². The van der Waals surface area contributed by atoms with Crippen LogP contribution in [0.25, 0.3) is 44.3 Å². The molecule has 2 unspecified atom stereocenters. The number of hydrogen-bond donors (Lipinski definition) is 0. The topological polar surface area (TPSA) is 111 Å². The van der Waals surface area contributed by atoms with Crippen molar-refractivity contribution in [2.75, 3.05) is 44.7 Å². The molecule has 0 bridgehead atoms. The summed E-state index contributed by atoms with van der Waals surface area (Å²) in [5.41, 5.74) is 9.84. The Morgan fingerprint density at radius 1 is 0.935 bits per heavy atom. The number of aromatic nitrogens is 7.